The Hall–Kier alpha value is -4.12. The van der Waals surface area contributed by atoms with E-state index >= 15 is 0 Å². The van der Waals surface area contributed by atoms with Gasteiger partial charge in [0.25, 0.3) is 5.56 Å². The number of benzene rings is 2. The number of hydrogen-bond donors (Lipinski definition) is 1. The second-order valence-electron chi connectivity index (χ2n) is 6.93. The highest BCUT2D eigenvalue weighted by Gasteiger charge is 2.19. The van der Waals surface area contributed by atoms with Crippen molar-refractivity contribution in [3.8, 4) is 17.2 Å². The topological polar surface area (TPSA) is 125 Å². The van der Waals surface area contributed by atoms with Gasteiger partial charge in [-0.2, -0.15) is 14.8 Å². The number of carbonyl (C=O) groups excluding carboxylic acids is 1. The first-order valence-electron chi connectivity index (χ1n) is 9.67. The van der Waals surface area contributed by atoms with Crippen LogP contribution in [0.2, 0.25) is 5.02 Å². The molecule has 0 aliphatic carbocycles. The van der Waals surface area contributed by atoms with Crippen molar-refractivity contribution >= 4 is 23.2 Å². The van der Waals surface area contributed by atoms with Gasteiger partial charge in [0.15, 0.2) is 5.69 Å². The van der Waals surface area contributed by atoms with Crippen LogP contribution in [-0.2, 0) is 18.3 Å². The molecule has 0 spiro atoms. The van der Waals surface area contributed by atoms with Crippen molar-refractivity contribution in [2.75, 3.05) is 5.32 Å². The van der Waals surface area contributed by atoms with Crippen LogP contribution in [-0.4, -0.2) is 30.4 Å². The number of nitrogens with zero attached hydrogens (tertiary/aromatic N) is 5. The summed E-state index contributed by atoms with van der Waals surface area (Å²) in [6.45, 7) is 0. The minimum atomic E-state index is -0.691. The molecule has 2 aromatic heterocycles. The number of halogens is 2. The third-order valence-electron chi connectivity index (χ3n) is 4.63. The second kappa shape index (κ2) is 9.17. The van der Waals surface area contributed by atoms with Gasteiger partial charge in [-0.1, -0.05) is 35.0 Å². The second-order valence-corrected chi connectivity index (χ2v) is 7.33. The van der Waals surface area contributed by atoms with Gasteiger partial charge in [0.05, 0.1) is 16.4 Å². The molecule has 1 N–H and O–H groups in total. The van der Waals surface area contributed by atoms with E-state index in [-0.39, 0.29) is 41.0 Å². The minimum Gasteiger partial charge on any atom is -0.339 e. The molecule has 168 valence electrons. The van der Waals surface area contributed by atoms with Crippen molar-refractivity contribution in [1.82, 2.24) is 24.5 Å². The van der Waals surface area contributed by atoms with Crippen LogP contribution in [0.5, 0.6) is 0 Å². The van der Waals surface area contributed by atoms with Crippen molar-refractivity contribution in [2.45, 2.75) is 12.8 Å². The molecule has 4 aromatic rings. The lowest BCUT2D eigenvalue weighted by Gasteiger charge is -2.07. The van der Waals surface area contributed by atoms with Gasteiger partial charge in [-0.05, 0) is 30.3 Å². The first-order valence-corrected chi connectivity index (χ1v) is 10.0. The zero-order valence-corrected chi connectivity index (χ0v) is 17.9. The molecule has 0 aliphatic heterocycles. The van der Waals surface area contributed by atoms with Crippen LogP contribution in [0.15, 0.2) is 62.6 Å². The average molecular weight is 471 g/mol. The summed E-state index contributed by atoms with van der Waals surface area (Å²) in [5.74, 6) is -0.950. The Morgan fingerprint density at radius 3 is 2.67 bits per heavy atom. The molecule has 12 heteroatoms. The highest BCUT2D eigenvalue weighted by molar-refractivity contribution is 6.33. The monoisotopic (exact) mass is 470 g/mol. The van der Waals surface area contributed by atoms with Crippen molar-refractivity contribution in [1.29, 1.82) is 0 Å². The number of aromatic nitrogens is 5. The molecule has 0 aliphatic rings. The lowest BCUT2D eigenvalue weighted by molar-refractivity contribution is -0.116. The Morgan fingerprint density at radius 2 is 1.94 bits per heavy atom. The molecular weight excluding hydrogens is 455 g/mol. The number of rotatable bonds is 6. The highest BCUT2D eigenvalue weighted by atomic mass is 35.5. The van der Waals surface area contributed by atoms with E-state index in [2.05, 4.69) is 20.6 Å². The molecule has 0 fully saturated rings. The maximum atomic E-state index is 13.1. The molecule has 0 radical (unpaired) electrons. The van der Waals surface area contributed by atoms with Crippen molar-refractivity contribution in [2.24, 2.45) is 7.05 Å². The number of carbonyl (C=O) groups is 1. The van der Waals surface area contributed by atoms with Crippen LogP contribution in [0.25, 0.3) is 17.2 Å². The number of hydrogen-bond acceptors (Lipinski definition) is 7. The lowest BCUT2D eigenvalue weighted by atomic mass is 10.2. The number of anilines is 1. The van der Waals surface area contributed by atoms with E-state index in [1.807, 2.05) is 0 Å². The van der Waals surface area contributed by atoms with E-state index in [4.69, 9.17) is 16.1 Å². The SMILES string of the molecule is Cn1c(=O)c(-c2noc(CCC(=O)Nc3ccc(F)cc3Cl)n2)nn(-c2ccccc2)c1=O. The van der Waals surface area contributed by atoms with Gasteiger partial charge in [0.2, 0.25) is 17.6 Å². The van der Waals surface area contributed by atoms with Gasteiger partial charge in [0.1, 0.15) is 5.82 Å². The number of nitrogens with one attached hydrogen (secondary N) is 1. The molecule has 0 unspecified atom stereocenters. The molecular formula is C21H16ClFN6O4. The predicted molar refractivity (Wildman–Crippen MR) is 117 cm³/mol. The molecule has 2 heterocycles. The van der Waals surface area contributed by atoms with Crippen LogP contribution in [0.1, 0.15) is 12.3 Å². The molecule has 0 saturated heterocycles. The maximum absolute atomic E-state index is 13.1. The van der Waals surface area contributed by atoms with Gasteiger partial charge in [0, 0.05) is 19.9 Å². The maximum Gasteiger partial charge on any atom is 0.351 e. The summed E-state index contributed by atoms with van der Waals surface area (Å²) in [5, 5.41) is 10.5. The zero-order valence-electron chi connectivity index (χ0n) is 17.2. The highest BCUT2D eigenvalue weighted by Crippen LogP contribution is 2.22. The summed E-state index contributed by atoms with van der Waals surface area (Å²) < 4.78 is 20.2. The fraction of sp³-hybridized carbons (Fsp3) is 0.143. The Labute approximate surface area is 190 Å². The molecule has 0 atom stereocenters. The fourth-order valence-corrected chi connectivity index (χ4v) is 3.14. The van der Waals surface area contributed by atoms with E-state index in [9.17, 15) is 18.8 Å². The minimum absolute atomic E-state index is 0.0374. The molecule has 4 rings (SSSR count). The van der Waals surface area contributed by atoms with Crippen LogP contribution in [0, 0.1) is 5.82 Å². The quantitative estimate of drug-likeness (QED) is 0.458. The first-order chi connectivity index (χ1) is 15.8. The Kier molecular flexibility index (Phi) is 6.13. The number of para-hydroxylation sites is 1. The largest absolute Gasteiger partial charge is 0.351 e. The third-order valence-corrected chi connectivity index (χ3v) is 4.94. The first kappa shape index (κ1) is 22.1. The lowest BCUT2D eigenvalue weighted by Crippen LogP contribution is -2.40. The Morgan fingerprint density at radius 1 is 1.18 bits per heavy atom. The van der Waals surface area contributed by atoms with Crippen molar-refractivity contribution in [3.63, 3.8) is 0 Å². The van der Waals surface area contributed by atoms with E-state index in [1.54, 1.807) is 30.3 Å². The average Bonchev–Trinajstić information content (AvgIpc) is 3.27. The third kappa shape index (κ3) is 4.72. The zero-order chi connectivity index (χ0) is 23.5. The van der Waals surface area contributed by atoms with Crippen molar-refractivity contribution in [3.05, 3.63) is 86.1 Å². The normalized spacial score (nSPS) is 10.9. The van der Waals surface area contributed by atoms with Crippen LogP contribution < -0.4 is 16.6 Å². The van der Waals surface area contributed by atoms with Crippen molar-refractivity contribution < 1.29 is 13.7 Å². The predicted octanol–water partition coefficient (Wildman–Crippen LogP) is 2.35. The molecule has 33 heavy (non-hydrogen) atoms. The summed E-state index contributed by atoms with van der Waals surface area (Å²) in [5.41, 5.74) is -0.777. The Bertz CT molecular complexity index is 1450. The summed E-state index contributed by atoms with van der Waals surface area (Å²) in [6, 6.07) is 12.2. The van der Waals surface area contributed by atoms with E-state index in [0.29, 0.717) is 5.69 Å². The summed E-state index contributed by atoms with van der Waals surface area (Å²) in [4.78, 5) is 41.4. The summed E-state index contributed by atoms with van der Waals surface area (Å²) >= 11 is 5.90. The van der Waals surface area contributed by atoms with Gasteiger partial charge < -0.3 is 9.84 Å². The molecule has 1 amide bonds. The smallest absolute Gasteiger partial charge is 0.339 e. The molecule has 0 bridgehead atoms. The molecule has 0 saturated carbocycles. The van der Waals surface area contributed by atoms with Gasteiger partial charge in [-0.25, -0.2) is 9.18 Å². The van der Waals surface area contributed by atoms with E-state index < -0.39 is 23.0 Å². The van der Waals surface area contributed by atoms with Gasteiger partial charge in [-0.15, -0.1) is 0 Å². The molecule has 2 aromatic carbocycles. The van der Waals surface area contributed by atoms with Gasteiger partial charge >= 0.3 is 5.69 Å². The van der Waals surface area contributed by atoms with E-state index in [0.717, 1.165) is 15.3 Å². The Balaban J connectivity index is 1.52. The van der Waals surface area contributed by atoms with E-state index in [1.165, 1.54) is 19.2 Å². The number of amides is 1. The summed E-state index contributed by atoms with van der Waals surface area (Å²) in [7, 11) is 1.32. The fourth-order valence-electron chi connectivity index (χ4n) is 2.93. The standard InChI is InChI=1S/C21H16ClFN6O4/c1-28-20(31)18(26-29(21(28)32)13-5-3-2-4-6-13)19-25-17(33-27-19)10-9-16(30)24-15-8-7-12(23)11-14(15)22/h2-8,11H,9-10H2,1H3,(H,24,30). The summed E-state index contributed by atoms with van der Waals surface area (Å²) in [6.07, 6.45) is 0.0284. The van der Waals surface area contributed by atoms with Crippen LogP contribution in [0.3, 0.4) is 0 Å². The number of aryl methyl sites for hydroxylation is 1. The van der Waals surface area contributed by atoms with Crippen LogP contribution >= 0.6 is 11.6 Å². The van der Waals surface area contributed by atoms with Crippen LogP contribution in [0.4, 0.5) is 10.1 Å². The molecule has 10 nitrogen and oxygen atoms in total. The van der Waals surface area contributed by atoms with Gasteiger partial charge in [-0.3, -0.25) is 14.2 Å².